The van der Waals surface area contributed by atoms with E-state index in [1.807, 2.05) is 48.7 Å². The SMILES string of the molecule is CC(C)c1ccnc(-n2c3ccc(C(C)(C)C)cc3c3ccc(Oc4ccc5c(-c6ccccc6)ccc(O)c5n4)cc32)c1. The molecule has 7 aromatic rings. The average molecular weight is 578 g/mol. The Bertz CT molecular complexity index is 2170. The van der Waals surface area contributed by atoms with Crippen LogP contribution in [-0.4, -0.2) is 19.6 Å². The van der Waals surface area contributed by atoms with Crippen LogP contribution in [0.5, 0.6) is 17.4 Å². The fourth-order valence-electron chi connectivity index (χ4n) is 5.92. The minimum absolute atomic E-state index is 0.0230. The Hall–Kier alpha value is -5.16. The third-order valence-electron chi connectivity index (χ3n) is 8.39. The molecule has 4 aromatic carbocycles. The molecule has 218 valence electrons. The van der Waals surface area contributed by atoms with Crippen LogP contribution >= 0.6 is 0 Å². The maximum atomic E-state index is 10.7. The highest BCUT2D eigenvalue weighted by Crippen LogP contribution is 2.39. The van der Waals surface area contributed by atoms with Crippen molar-refractivity contribution in [2.24, 2.45) is 0 Å². The van der Waals surface area contributed by atoms with Crippen LogP contribution in [-0.2, 0) is 5.41 Å². The number of aromatic nitrogens is 3. The van der Waals surface area contributed by atoms with Gasteiger partial charge in [0.15, 0.2) is 0 Å². The van der Waals surface area contributed by atoms with Crippen molar-refractivity contribution in [2.45, 2.75) is 46.0 Å². The second-order valence-corrected chi connectivity index (χ2v) is 12.7. The van der Waals surface area contributed by atoms with Gasteiger partial charge in [0.2, 0.25) is 5.88 Å². The van der Waals surface area contributed by atoms with Crippen LogP contribution in [0.2, 0.25) is 0 Å². The van der Waals surface area contributed by atoms with Gasteiger partial charge in [-0.1, -0.05) is 71.0 Å². The van der Waals surface area contributed by atoms with Gasteiger partial charge in [-0.2, -0.15) is 0 Å². The molecule has 0 aliphatic heterocycles. The predicted octanol–water partition coefficient (Wildman–Crippen LogP) is 10.3. The first-order valence-electron chi connectivity index (χ1n) is 15.1. The van der Waals surface area contributed by atoms with Gasteiger partial charge in [-0.15, -0.1) is 0 Å². The number of fused-ring (bicyclic) bond motifs is 4. The molecule has 5 heteroatoms. The van der Waals surface area contributed by atoms with Crippen molar-refractivity contribution in [1.29, 1.82) is 0 Å². The number of phenolic OH excluding ortho intramolecular Hbond substituents is 1. The quantitative estimate of drug-likeness (QED) is 0.221. The van der Waals surface area contributed by atoms with Gasteiger partial charge in [-0.25, -0.2) is 9.97 Å². The number of benzene rings is 4. The molecule has 5 nitrogen and oxygen atoms in total. The smallest absolute Gasteiger partial charge is 0.219 e. The molecule has 0 aliphatic carbocycles. The van der Waals surface area contributed by atoms with Gasteiger partial charge in [0.05, 0.1) is 11.0 Å². The van der Waals surface area contributed by atoms with Gasteiger partial charge in [-0.05, 0) is 88.2 Å². The third-order valence-corrected chi connectivity index (χ3v) is 8.39. The summed E-state index contributed by atoms with van der Waals surface area (Å²) in [6, 6.07) is 34.7. The Morgan fingerprint density at radius 3 is 2.32 bits per heavy atom. The molecular weight excluding hydrogens is 542 g/mol. The number of hydrogen-bond donors (Lipinski definition) is 1. The van der Waals surface area contributed by atoms with E-state index in [1.165, 1.54) is 16.5 Å². The molecule has 0 saturated carbocycles. The number of phenols is 1. The van der Waals surface area contributed by atoms with E-state index in [9.17, 15) is 5.11 Å². The van der Waals surface area contributed by atoms with E-state index in [0.29, 0.717) is 23.1 Å². The summed E-state index contributed by atoms with van der Waals surface area (Å²) in [7, 11) is 0. The summed E-state index contributed by atoms with van der Waals surface area (Å²) in [5.41, 5.74) is 7.22. The summed E-state index contributed by atoms with van der Waals surface area (Å²) in [6.07, 6.45) is 1.89. The van der Waals surface area contributed by atoms with Crippen LogP contribution in [0.25, 0.3) is 49.7 Å². The van der Waals surface area contributed by atoms with Crippen molar-refractivity contribution >= 4 is 32.7 Å². The molecule has 1 N–H and O–H groups in total. The Labute approximate surface area is 257 Å². The third kappa shape index (κ3) is 4.84. The Morgan fingerprint density at radius 1 is 0.750 bits per heavy atom. The highest BCUT2D eigenvalue weighted by molar-refractivity contribution is 6.10. The minimum Gasteiger partial charge on any atom is -0.506 e. The largest absolute Gasteiger partial charge is 0.506 e. The minimum atomic E-state index is 0.0230. The van der Waals surface area contributed by atoms with Crippen molar-refractivity contribution < 1.29 is 9.84 Å². The van der Waals surface area contributed by atoms with Crippen LogP contribution in [0.4, 0.5) is 0 Å². The summed E-state index contributed by atoms with van der Waals surface area (Å²) in [5.74, 6) is 2.44. The van der Waals surface area contributed by atoms with Crippen molar-refractivity contribution in [3.63, 3.8) is 0 Å². The lowest BCUT2D eigenvalue weighted by Gasteiger charge is -2.19. The molecule has 0 atom stereocenters. The molecule has 0 bridgehead atoms. The van der Waals surface area contributed by atoms with Gasteiger partial charge < -0.3 is 9.84 Å². The van der Waals surface area contributed by atoms with Crippen LogP contribution in [0, 0.1) is 0 Å². The summed E-state index contributed by atoms with van der Waals surface area (Å²) in [5, 5.41) is 13.9. The van der Waals surface area contributed by atoms with Crippen LogP contribution in [0.15, 0.2) is 109 Å². The summed E-state index contributed by atoms with van der Waals surface area (Å²) >= 11 is 0. The van der Waals surface area contributed by atoms with Gasteiger partial charge in [0.1, 0.15) is 22.8 Å². The molecule has 0 aliphatic rings. The van der Waals surface area contributed by atoms with Gasteiger partial charge >= 0.3 is 0 Å². The monoisotopic (exact) mass is 577 g/mol. The van der Waals surface area contributed by atoms with Crippen molar-refractivity contribution in [3.05, 3.63) is 120 Å². The Morgan fingerprint density at radius 2 is 1.55 bits per heavy atom. The van der Waals surface area contributed by atoms with Crippen molar-refractivity contribution in [1.82, 2.24) is 14.5 Å². The fourth-order valence-corrected chi connectivity index (χ4v) is 5.92. The first kappa shape index (κ1) is 27.7. The van der Waals surface area contributed by atoms with Crippen LogP contribution in [0.1, 0.15) is 51.7 Å². The summed E-state index contributed by atoms with van der Waals surface area (Å²) in [6.45, 7) is 11.1. The van der Waals surface area contributed by atoms with Gasteiger partial charge in [0, 0.05) is 34.5 Å². The number of hydrogen-bond acceptors (Lipinski definition) is 4. The molecule has 0 amide bonds. The zero-order valence-electron chi connectivity index (χ0n) is 25.7. The molecular formula is C39H35N3O2. The first-order chi connectivity index (χ1) is 21.2. The van der Waals surface area contributed by atoms with E-state index in [0.717, 1.165) is 38.8 Å². The number of pyridine rings is 2. The van der Waals surface area contributed by atoms with E-state index < -0.39 is 0 Å². The van der Waals surface area contributed by atoms with E-state index >= 15 is 0 Å². The summed E-state index contributed by atoms with van der Waals surface area (Å²) < 4.78 is 8.59. The second-order valence-electron chi connectivity index (χ2n) is 12.7. The molecule has 0 unspecified atom stereocenters. The van der Waals surface area contributed by atoms with Crippen molar-refractivity contribution in [2.75, 3.05) is 0 Å². The maximum Gasteiger partial charge on any atom is 0.219 e. The molecule has 0 spiro atoms. The molecule has 3 aromatic heterocycles. The molecule has 0 saturated heterocycles. The van der Waals surface area contributed by atoms with Gasteiger partial charge in [0.25, 0.3) is 0 Å². The van der Waals surface area contributed by atoms with Gasteiger partial charge in [-0.3, -0.25) is 4.57 Å². The van der Waals surface area contributed by atoms with Crippen LogP contribution in [0.3, 0.4) is 0 Å². The normalized spacial score (nSPS) is 12.0. The lowest BCUT2D eigenvalue weighted by atomic mass is 9.86. The highest BCUT2D eigenvalue weighted by Gasteiger charge is 2.20. The number of rotatable bonds is 5. The zero-order valence-corrected chi connectivity index (χ0v) is 25.7. The standard InChI is InChI=1S/C39H35N3O2/c1-24(2)26-19-20-40-36(21-26)42-33-16-11-27(39(3,4)5)22-32(33)30-13-12-28(23-34(30)42)44-37-18-15-31-29(25-9-7-6-8-10-25)14-17-35(43)38(31)41-37/h6-24,43H,1-5H3. The second kappa shape index (κ2) is 10.5. The van der Waals surface area contributed by atoms with E-state index in [4.69, 9.17) is 14.7 Å². The summed E-state index contributed by atoms with van der Waals surface area (Å²) in [4.78, 5) is 9.55. The fraction of sp³-hybridized carbons (Fsp3) is 0.179. The lowest BCUT2D eigenvalue weighted by molar-refractivity contribution is 0.460. The molecule has 44 heavy (non-hydrogen) atoms. The predicted molar refractivity (Wildman–Crippen MR) is 180 cm³/mol. The van der Waals surface area contributed by atoms with Crippen LogP contribution < -0.4 is 4.74 Å². The Kier molecular flexibility index (Phi) is 6.62. The molecule has 0 radical (unpaired) electrons. The van der Waals surface area contributed by atoms with Crippen molar-refractivity contribution in [3.8, 4) is 34.3 Å². The van der Waals surface area contributed by atoms with E-state index in [-0.39, 0.29) is 11.2 Å². The lowest BCUT2D eigenvalue weighted by Crippen LogP contribution is -2.10. The topological polar surface area (TPSA) is 60.2 Å². The number of ether oxygens (including phenoxy) is 1. The highest BCUT2D eigenvalue weighted by atomic mass is 16.5. The zero-order chi connectivity index (χ0) is 30.6. The number of aromatic hydroxyl groups is 1. The Balaban J connectivity index is 1.37. The molecule has 0 fully saturated rings. The first-order valence-corrected chi connectivity index (χ1v) is 15.1. The van der Waals surface area contributed by atoms with E-state index in [2.05, 4.69) is 93.8 Å². The number of nitrogens with zero attached hydrogens (tertiary/aromatic N) is 3. The molecule has 3 heterocycles. The molecule has 7 rings (SSSR count). The maximum absolute atomic E-state index is 10.7. The van der Waals surface area contributed by atoms with E-state index in [1.54, 1.807) is 6.07 Å². The average Bonchev–Trinajstić information content (AvgIpc) is 3.34.